The summed E-state index contributed by atoms with van der Waals surface area (Å²) >= 11 is 2.17. The molecule has 1 aromatic rings. The van der Waals surface area contributed by atoms with Gasteiger partial charge >= 0.3 is 5.97 Å². The van der Waals surface area contributed by atoms with Crippen LogP contribution >= 0.6 is 22.6 Å². The zero-order valence-corrected chi connectivity index (χ0v) is 10.0. The van der Waals surface area contributed by atoms with Crippen molar-refractivity contribution in [2.75, 3.05) is 0 Å². The Bertz CT molecular complexity index is 358. The molecule has 4 nitrogen and oxygen atoms in total. The highest BCUT2D eigenvalue weighted by Gasteiger charge is 2.38. The highest BCUT2D eigenvalue weighted by atomic mass is 127. The molecule has 2 rings (SSSR count). The van der Waals surface area contributed by atoms with Crippen molar-refractivity contribution >= 4 is 28.6 Å². The van der Waals surface area contributed by atoms with Crippen molar-refractivity contribution in [3.8, 4) is 0 Å². The van der Waals surface area contributed by atoms with Gasteiger partial charge in [-0.05, 0) is 5.56 Å². The largest absolute Gasteiger partial charge is 0.480 e. The number of nitrogens with one attached hydrogen (secondary N) is 2. The molecular formula is C10H11IN2O2. The van der Waals surface area contributed by atoms with Gasteiger partial charge in [-0.1, -0.05) is 52.9 Å². The molecule has 80 valence electrons. The molecule has 0 spiro atoms. The Labute approximate surface area is 101 Å². The number of rotatable bonds is 2. The van der Waals surface area contributed by atoms with Gasteiger partial charge in [0.1, 0.15) is 6.04 Å². The number of halogens is 1. The lowest BCUT2D eigenvalue weighted by Gasteiger charge is -2.14. The van der Waals surface area contributed by atoms with Gasteiger partial charge in [-0.3, -0.25) is 4.79 Å². The molecule has 0 amide bonds. The fourth-order valence-corrected chi connectivity index (χ4v) is 2.74. The molecule has 1 heterocycles. The van der Waals surface area contributed by atoms with E-state index in [1.165, 1.54) is 0 Å². The van der Waals surface area contributed by atoms with E-state index in [1.807, 2.05) is 30.3 Å². The van der Waals surface area contributed by atoms with E-state index >= 15 is 0 Å². The summed E-state index contributed by atoms with van der Waals surface area (Å²) in [6, 6.07) is 9.36. The molecule has 0 saturated carbocycles. The van der Waals surface area contributed by atoms with Crippen molar-refractivity contribution < 1.29 is 9.90 Å². The van der Waals surface area contributed by atoms with Crippen LogP contribution in [-0.2, 0) is 4.79 Å². The smallest absolute Gasteiger partial charge is 0.323 e. The number of hydrogen-bond donors (Lipinski definition) is 3. The van der Waals surface area contributed by atoms with Crippen LogP contribution in [0.4, 0.5) is 0 Å². The predicted molar refractivity (Wildman–Crippen MR) is 64.7 cm³/mol. The number of carboxylic acid groups (broad SMARTS) is 1. The molecule has 1 aromatic carbocycles. The lowest BCUT2D eigenvalue weighted by Crippen LogP contribution is -2.38. The number of carbonyl (C=O) groups is 1. The van der Waals surface area contributed by atoms with Gasteiger partial charge < -0.3 is 5.11 Å². The summed E-state index contributed by atoms with van der Waals surface area (Å²) in [6.07, 6.45) is 0. The summed E-state index contributed by atoms with van der Waals surface area (Å²) in [5.74, 6) is -0.819. The topological polar surface area (TPSA) is 61.4 Å². The summed E-state index contributed by atoms with van der Waals surface area (Å²) in [5, 5.41) is 8.94. The number of carboxylic acids is 1. The Hall–Kier alpha value is -0.660. The van der Waals surface area contributed by atoms with E-state index in [2.05, 4.69) is 33.4 Å². The molecule has 15 heavy (non-hydrogen) atoms. The van der Waals surface area contributed by atoms with Crippen LogP contribution in [0.1, 0.15) is 11.6 Å². The molecule has 1 saturated heterocycles. The average molecular weight is 318 g/mol. The molecule has 3 atom stereocenters. The lowest BCUT2D eigenvalue weighted by molar-refractivity contribution is -0.138. The minimum atomic E-state index is -0.819. The van der Waals surface area contributed by atoms with E-state index in [4.69, 9.17) is 5.11 Å². The summed E-state index contributed by atoms with van der Waals surface area (Å²) in [7, 11) is 0. The van der Waals surface area contributed by atoms with Crippen molar-refractivity contribution in [3.63, 3.8) is 0 Å². The zero-order chi connectivity index (χ0) is 10.8. The van der Waals surface area contributed by atoms with Gasteiger partial charge in [0.2, 0.25) is 0 Å². The molecular weight excluding hydrogens is 307 g/mol. The standard InChI is InChI=1S/C10H11IN2O2/c11-7-8(6-4-2-1-3-5-6)12-13-9(7)10(14)15/h1-5,7-9,12-13H,(H,14,15). The second kappa shape index (κ2) is 4.46. The second-order valence-corrected chi connectivity index (χ2v) is 4.88. The van der Waals surface area contributed by atoms with Crippen molar-refractivity contribution in [3.05, 3.63) is 35.9 Å². The molecule has 0 bridgehead atoms. The van der Waals surface area contributed by atoms with Gasteiger partial charge in [-0.15, -0.1) is 0 Å². The highest BCUT2D eigenvalue weighted by molar-refractivity contribution is 14.1. The van der Waals surface area contributed by atoms with Gasteiger partial charge in [0.15, 0.2) is 0 Å². The van der Waals surface area contributed by atoms with Gasteiger partial charge in [0, 0.05) is 0 Å². The molecule has 1 fully saturated rings. The van der Waals surface area contributed by atoms with Crippen LogP contribution in [0, 0.1) is 0 Å². The van der Waals surface area contributed by atoms with Gasteiger partial charge in [0.25, 0.3) is 0 Å². The van der Waals surface area contributed by atoms with E-state index in [0.29, 0.717) is 0 Å². The van der Waals surface area contributed by atoms with Crippen LogP contribution in [0.2, 0.25) is 0 Å². The molecule has 0 aliphatic carbocycles. The summed E-state index contributed by atoms with van der Waals surface area (Å²) in [5.41, 5.74) is 6.92. The molecule has 1 aliphatic heterocycles. The van der Waals surface area contributed by atoms with E-state index < -0.39 is 12.0 Å². The molecule has 0 radical (unpaired) electrons. The Morgan fingerprint density at radius 3 is 2.47 bits per heavy atom. The second-order valence-electron chi connectivity index (χ2n) is 3.44. The van der Waals surface area contributed by atoms with Crippen LogP contribution in [-0.4, -0.2) is 21.0 Å². The third-order valence-electron chi connectivity index (χ3n) is 2.46. The Balaban J connectivity index is 2.17. The maximum Gasteiger partial charge on any atom is 0.323 e. The predicted octanol–water partition coefficient (Wildman–Crippen LogP) is 1.09. The van der Waals surface area contributed by atoms with Gasteiger partial charge in [-0.2, -0.15) is 0 Å². The Morgan fingerprint density at radius 1 is 1.27 bits per heavy atom. The monoisotopic (exact) mass is 318 g/mol. The lowest BCUT2D eigenvalue weighted by atomic mass is 10.0. The minimum Gasteiger partial charge on any atom is -0.480 e. The number of aliphatic carboxylic acids is 1. The normalized spacial score (nSPS) is 30.3. The minimum absolute atomic E-state index is 0.00231. The van der Waals surface area contributed by atoms with Gasteiger partial charge in [0.05, 0.1) is 9.97 Å². The first-order chi connectivity index (χ1) is 7.20. The van der Waals surface area contributed by atoms with E-state index in [9.17, 15) is 4.79 Å². The molecule has 0 aromatic heterocycles. The maximum atomic E-state index is 10.9. The first-order valence-corrected chi connectivity index (χ1v) is 5.87. The summed E-state index contributed by atoms with van der Waals surface area (Å²) in [6.45, 7) is 0. The number of hydrogen-bond acceptors (Lipinski definition) is 3. The zero-order valence-electron chi connectivity index (χ0n) is 7.85. The number of benzene rings is 1. The molecule has 1 aliphatic rings. The van der Waals surface area contributed by atoms with Crippen LogP contribution in [0.15, 0.2) is 30.3 Å². The van der Waals surface area contributed by atoms with Crippen LogP contribution < -0.4 is 10.9 Å². The highest BCUT2D eigenvalue weighted by Crippen LogP contribution is 2.28. The van der Waals surface area contributed by atoms with Crippen molar-refractivity contribution in [1.82, 2.24) is 10.9 Å². The van der Waals surface area contributed by atoms with Crippen LogP contribution in [0.25, 0.3) is 0 Å². The molecule has 3 unspecified atom stereocenters. The number of alkyl halides is 1. The van der Waals surface area contributed by atoms with Crippen molar-refractivity contribution in [2.45, 2.75) is 16.0 Å². The Morgan fingerprint density at radius 2 is 1.93 bits per heavy atom. The van der Waals surface area contributed by atoms with E-state index in [0.717, 1.165) is 5.56 Å². The first-order valence-electron chi connectivity index (χ1n) is 4.63. The fourth-order valence-electron chi connectivity index (χ4n) is 1.66. The fraction of sp³-hybridized carbons (Fsp3) is 0.300. The SMILES string of the molecule is O=C(O)C1NNC(c2ccccc2)C1I. The maximum absolute atomic E-state index is 10.9. The summed E-state index contributed by atoms with van der Waals surface area (Å²) < 4.78 is 0.00231. The Kier molecular flexibility index (Phi) is 3.22. The van der Waals surface area contributed by atoms with Crippen molar-refractivity contribution in [1.29, 1.82) is 0 Å². The van der Waals surface area contributed by atoms with Crippen molar-refractivity contribution in [2.24, 2.45) is 0 Å². The molecule has 5 heteroatoms. The van der Waals surface area contributed by atoms with Gasteiger partial charge in [-0.25, -0.2) is 10.9 Å². The average Bonchev–Trinajstić information content (AvgIpc) is 2.61. The third-order valence-corrected chi connectivity index (χ3v) is 3.89. The quantitative estimate of drug-likeness (QED) is 0.564. The van der Waals surface area contributed by atoms with Crippen LogP contribution in [0.3, 0.4) is 0 Å². The first kappa shape index (κ1) is 10.8. The van der Waals surface area contributed by atoms with Crippen LogP contribution in [0.5, 0.6) is 0 Å². The number of hydrazine groups is 1. The van der Waals surface area contributed by atoms with E-state index in [1.54, 1.807) is 0 Å². The molecule has 3 N–H and O–H groups in total. The summed E-state index contributed by atoms with van der Waals surface area (Å²) in [4.78, 5) is 10.9. The van der Waals surface area contributed by atoms with E-state index in [-0.39, 0.29) is 9.97 Å². The third kappa shape index (κ3) is 2.14.